The molecule has 0 unspecified atom stereocenters. The lowest BCUT2D eigenvalue weighted by atomic mass is 9.96. The van der Waals surface area contributed by atoms with E-state index < -0.39 is 0 Å². The molecule has 124 valence electrons. The van der Waals surface area contributed by atoms with Crippen LogP contribution in [0, 0.1) is 13.8 Å². The molecule has 3 aromatic rings. The van der Waals surface area contributed by atoms with E-state index in [1.54, 1.807) is 6.33 Å². The first-order valence-electron chi connectivity index (χ1n) is 8.37. The first kappa shape index (κ1) is 14.9. The SMILES string of the molecule is Cc1ccc2[nH]c(C(=O)N3CCC(c4ncn[nH]4)CC3)cc2c1C. The molecule has 3 heterocycles. The molecule has 4 rings (SSSR count). The summed E-state index contributed by atoms with van der Waals surface area (Å²) < 4.78 is 0. The Morgan fingerprint density at radius 3 is 2.75 bits per heavy atom. The molecular formula is C18H21N5O. The normalized spacial score (nSPS) is 16.0. The quantitative estimate of drug-likeness (QED) is 0.761. The molecule has 6 nitrogen and oxygen atoms in total. The second kappa shape index (κ2) is 5.78. The third kappa shape index (κ3) is 2.48. The molecule has 0 saturated carbocycles. The van der Waals surface area contributed by atoms with Gasteiger partial charge in [-0.25, -0.2) is 4.98 Å². The number of piperidine rings is 1. The number of nitrogens with one attached hydrogen (secondary N) is 2. The highest BCUT2D eigenvalue weighted by Gasteiger charge is 2.26. The third-order valence-corrected chi connectivity index (χ3v) is 5.18. The molecule has 1 aliphatic heterocycles. The minimum Gasteiger partial charge on any atom is -0.351 e. The summed E-state index contributed by atoms with van der Waals surface area (Å²) in [7, 11) is 0. The largest absolute Gasteiger partial charge is 0.351 e. The van der Waals surface area contributed by atoms with E-state index in [2.05, 4.69) is 40.1 Å². The fraction of sp³-hybridized carbons (Fsp3) is 0.389. The van der Waals surface area contributed by atoms with Crippen LogP contribution < -0.4 is 0 Å². The molecule has 2 aromatic heterocycles. The second-order valence-electron chi connectivity index (χ2n) is 6.59. The number of H-pyrrole nitrogens is 2. The van der Waals surface area contributed by atoms with Crippen molar-refractivity contribution < 1.29 is 4.79 Å². The summed E-state index contributed by atoms with van der Waals surface area (Å²) in [6.07, 6.45) is 3.38. The predicted octanol–water partition coefficient (Wildman–Crippen LogP) is 2.92. The minimum atomic E-state index is 0.0827. The number of fused-ring (bicyclic) bond motifs is 1. The lowest BCUT2D eigenvalue weighted by molar-refractivity contribution is 0.0706. The van der Waals surface area contributed by atoms with Crippen LogP contribution in [-0.2, 0) is 0 Å². The number of benzene rings is 1. The number of nitrogens with zero attached hydrogens (tertiary/aromatic N) is 3. The van der Waals surface area contributed by atoms with Crippen LogP contribution in [0.15, 0.2) is 24.5 Å². The smallest absolute Gasteiger partial charge is 0.270 e. The molecule has 2 N–H and O–H groups in total. The minimum absolute atomic E-state index is 0.0827. The Kier molecular flexibility index (Phi) is 3.59. The lowest BCUT2D eigenvalue weighted by Gasteiger charge is -2.30. The number of aryl methyl sites for hydroxylation is 2. The number of carbonyl (C=O) groups is 1. The van der Waals surface area contributed by atoms with Crippen LogP contribution in [0.4, 0.5) is 0 Å². The van der Waals surface area contributed by atoms with Gasteiger partial charge in [-0.3, -0.25) is 9.89 Å². The van der Waals surface area contributed by atoms with Gasteiger partial charge in [-0.1, -0.05) is 6.07 Å². The van der Waals surface area contributed by atoms with E-state index in [4.69, 9.17) is 0 Å². The van der Waals surface area contributed by atoms with Gasteiger partial charge in [0.2, 0.25) is 0 Å². The fourth-order valence-corrected chi connectivity index (χ4v) is 3.51. The van der Waals surface area contributed by atoms with Crippen molar-refractivity contribution in [2.75, 3.05) is 13.1 Å². The average molecular weight is 323 g/mol. The highest BCUT2D eigenvalue weighted by atomic mass is 16.2. The zero-order valence-electron chi connectivity index (χ0n) is 14.0. The van der Waals surface area contributed by atoms with E-state index in [0.717, 1.165) is 42.7 Å². The zero-order valence-corrected chi connectivity index (χ0v) is 14.0. The predicted molar refractivity (Wildman–Crippen MR) is 92.0 cm³/mol. The number of hydrogen-bond acceptors (Lipinski definition) is 3. The Morgan fingerprint density at radius 2 is 2.04 bits per heavy atom. The third-order valence-electron chi connectivity index (χ3n) is 5.18. The maximum absolute atomic E-state index is 12.8. The number of aromatic nitrogens is 4. The molecule has 24 heavy (non-hydrogen) atoms. The van der Waals surface area contributed by atoms with Crippen LogP contribution >= 0.6 is 0 Å². The first-order valence-corrected chi connectivity index (χ1v) is 8.37. The number of amides is 1. The monoisotopic (exact) mass is 323 g/mol. The lowest BCUT2D eigenvalue weighted by Crippen LogP contribution is -2.38. The van der Waals surface area contributed by atoms with Gasteiger partial charge >= 0.3 is 0 Å². The number of hydrogen-bond donors (Lipinski definition) is 2. The van der Waals surface area contributed by atoms with Gasteiger partial charge in [0.05, 0.1) is 0 Å². The first-order chi connectivity index (χ1) is 11.6. The van der Waals surface area contributed by atoms with Gasteiger partial charge < -0.3 is 9.88 Å². The maximum atomic E-state index is 12.8. The van der Waals surface area contributed by atoms with Crippen LogP contribution in [0.3, 0.4) is 0 Å². The highest BCUT2D eigenvalue weighted by Crippen LogP contribution is 2.27. The summed E-state index contributed by atoms with van der Waals surface area (Å²) in [4.78, 5) is 22.3. The topological polar surface area (TPSA) is 77.7 Å². The molecule has 0 spiro atoms. The Labute approximate surface area is 140 Å². The summed E-state index contributed by atoms with van der Waals surface area (Å²) in [5, 5.41) is 7.99. The Morgan fingerprint density at radius 1 is 1.25 bits per heavy atom. The summed E-state index contributed by atoms with van der Waals surface area (Å²) >= 11 is 0. The van der Waals surface area contributed by atoms with Gasteiger partial charge in [0, 0.05) is 29.9 Å². The molecule has 0 aliphatic carbocycles. The molecule has 1 aliphatic rings. The van der Waals surface area contributed by atoms with Gasteiger partial charge in [-0.2, -0.15) is 5.10 Å². The van der Waals surface area contributed by atoms with Crippen LogP contribution in [0.2, 0.25) is 0 Å². The molecule has 0 atom stereocenters. The highest BCUT2D eigenvalue weighted by molar-refractivity contribution is 5.99. The second-order valence-corrected chi connectivity index (χ2v) is 6.59. The van der Waals surface area contributed by atoms with Crippen molar-refractivity contribution in [3.8, 4) is 0 Å². The van der Waals surface area contributed by atoms with Crippen LogP contribution in [0.5, 0.6) is 0 Å². The van der Waals surface area contributed by atoms with Gasteiger partial charge in [-0.15, -0.1) is 0 Å². The molecule has 0 radical (unpaired) electrons. The fourth-order valence-electron chi connectivity index (χ4n) is 3.51. The van der Waals surface area contributed by atoms with Crippen molar-refractivity contribution in [3.05, 3.63) is 47.2 Å². The van der Waals surface area contributed by atoms with E-state index in [1.807, 2.05) is 17.0 Å². The van der Waals surface area contributed by atoms with Gasteiger partial charge in [0.25, 0.3) is 5.91 Å². The number of aromatic amines is 2. The van der Waals surface area contributed by atoms with E-state index in [9.17, 15) is 4.79 Å². The number of likely N-dealkylation sites (tertiary alicyclic amines) is 1. The van der Waals surface area contributed by atoms with Gasteiger partial charge in [0.15, 0.2) is 0 Å². The van der Waals surface area contributed by atoms with Crippen molar-refractivity contribution in [1.29, 1.82) is 0 Å². The number of carbonyl (C=O) groups excluding carboxylic acids is 1. The summed E-state index contributed by atoms with van der Waals surface area (Å²) in [6, 6.07) is 6.12. The molecule has 1 fully saturated rings. The molecule has 6 heteroatoms. The zero-order chi connectivity index (χ0) is 16.7. The molecule has 0 bridgehead atoms. The average Bonchev–Trinajstić information content (AvgIpc) is 3.27. The van der Waals surface area contributed by atoms with Crippen LogP contribution in [-0.4, -0.2) is 44.1 Å². The Bertz CT molecular complexity index is 872. The van der Waals surface area contributed by atoms with Gasteiger partial charge in [-0.05, 0) is 49.9 Å². The summed E-state index contributed by atoms with van der Waals surface area (Å²) in [5.74, 6) is 1.38. The van der Waals surface area contributed by atoms with E-state index >= 15 is 0 Å². The van der Waals surface area contributed by atoms with Gasteiger partial charge in [0.1, 0.15) is 17.8 Å². The molecule has 1 amide bonds. The van der Waals surface area contributed by atoms with Crippen LogP contribution in [0.25, 0.3) is 10.9 Å². The number of rotatable bonds is 2. The van der Waals surface area contributed by atoms with E-state index in [0.29, 0.717) is 11.6 Å². The summed E-state index contributed by atoms with van der Waals surface area (Å²) in [5.41, 5.74) is 4.18. The Hall–Kier alpha value is -2.63. The van der Waals surface area contributed by atoms with Crippen molar-refractivity contribution >= 4 is 16.8 Å². The Balaban J connectivity index is 1.51. The summed E-state index contributed by atoms with van der Waals surface area (Å²) in [6.45, 7) is 5.69. The van der Waals surface area contributed by atoms with E-state index in [-0.39, 0.29) is 5.91 Å². The van der Waals surface area contributed by atoms with Crippen molar-refractivity contribution in [2.24, 2.45) is 0 Å². The molecule has 1 aromatic carbocycles. The van der Waals surface area contributed by atoms with Crippen molar-refractivity contribution in [1.82, 2.24) is 25.1 Å². The van der Waals surface area contributed by atoms with E-state index in [1.165, 1.54) is 11.1 Å². The maximum Gasteiger partial charge on any atom is 0.270 e. The van der Waals surface area contributed by atoms with Crippen molar-refractivity contribution in [3.63, 3.8) is 0 Å². The van der Waals surface area contributed by atoms with Crippen LogP contribution in [0.1, 0.15) is 46.2 Å². The standard InChI is InChI=1S/C18H21N5O/c1-11-3-4-15-14(12(11)2)9-16(21-15)18(24)23-7-5-13(6-8-23)17-19-10-20-22-17/h3-4,9-10,13,21H,5-8H2,1-2H3,(H,19,20,22). The molecule has 1 saturated heterocycles. The van der Waals surface area contributed by atoms with Crippen molar-refractivity contribution in [2.45, 2.75) is 32.6 Å². The molecular weight excluding hydrogens is 302 g/mol.